The van der Waals surface area contributed by atoms with Crippen LogP contribution in [0.5, 0.6) is 0 Å². The van der Waals surface area contributed by atoms with E-state index in [4.69, 9.17) is 5.73 Å². The van der Waals surface area contributed by atoms with Crippen molar-refractivity contribution >= 4 is 5.57 Å². The van der Waals surface area contributed by atoms with Gasteiger partial charge in [0.15, 0.2) is 0 Å². The third-order valence-corrected chi connectivity index (χ3v) is 2.87. The minimum atomic E-state index is 0.656. The molecule has 0 saturated carbocycles. The second-order valence-corrected chi connectivity index (χ2v) is 3.83. The van der Waals surface area contributed by atoms with E-state index in [0.717, 1.165) is 0 Å². The minimum Gasteiger partial charge on any atom is -0.327 e. The number of allylic oxidation sites excluding steroid dienone is 1. The molecule has 74 valence electrons. The van der Waals surface area contributed by atoms with Gasteiger partial charge in [-0.15, -0.1) is 0 Å². The Kier molecular flexibility index (Phi) is 3.00. The van der Waals surface area contributed by atoms with Crippen LogP contribution in [0, 0.1) is 0 Å². The standard InChI is InChI=1S/C13H17N/c14-10-9-12-7-2-1-5-11-6-3-4-8-13(11)12/h3-4,6,8-9H,1-2,5,7,10,14H2. The predicted molar refractivity (Wildman–Crippen MR) is 61.0 cm³/mol. The minimum absolute atomic E-state index is 0.656. The lowest BCUT2D eigenvalue weighted by Gasteiger charge is -2.07. The third-order valence-electron chi connectivity index (χ3n) is 2.87. The number of hydrogen-bond acceptors (Lipinski definition) is 1. The Labute approximate surface area is 85.6 Å². The van der Waals surface area contributed by atoms with Crippen molar-refractivity contribution in [3.63, 3.8) is 0 Å². The summed E-state index contributed by atoms with van der Waals surface area (Å²) in [6, 6.07) is 8.71. The van der Waals surface area contributed by atoms with Crippen LogP contribution in [0.3, 0.4) is 0 Å². The molecule has 14 heavy (non-hydrogen) atoms. The van der Waals surface area contributed by atoms with Crippen LogP contribution in [0.25, 0.3) is 5.57 Å². The molecule has 0 heterocycles. The highest BCUT2D eigenvalue weighted by molar-refractivity contribution is 5.69. The summed E-state index contributed by atoms with van der Waals surface area (Å²) < 4.78 is 0. The smallest absolute Gasteiger partial charge is 0.0112 e. The van der Waals surface area contributed by atoms with Crippen molar-refractivity contribution in [3.8, 4) is 0 Å². The molecule has 1 heteroatoms. The Bertz CT molecular complexity index is 339. The molecule has 0 aliphatic heterocycles. The van der Waals surface area contributed by atoms with Gasteiger partial charge in [-0.1, -0.05) is 30.3 Å². The van der Waals surface area contributed by atoms with Crippen LogP contribution in [-0.2, 0) is 6.42 Å². The molecule has 1 nitrogen and oxygen atoms in total. The van der Waals surface area contributed by atoms with E-state index >= 15 is 0 Å². The monoisotopic (exact) mass is 187 g/mol. The van der Waals surface area contributed by atoms with E-state index in [2.05, 4.69) is 30.3 Å². The molecule has 1 aromatic rings. The zero-order valence-corrected chi connectivity index (χ0v) is 8.50. The molecule has 0 spiro atoms. The van der Waals surface area contributed by atoms with Crippen LogP contribution in [0.15, 0.2) is 30.3 Å². The first kappa shape index (κ1) is 9.47. The number of aryl methyl sites for hydroxylation is 1. The maximum atomic E-state index is 5.59. The molecule has 1 aliphatic rings. The molecule has 0 fully saturated rings. The van der Waals surface area contributed by atoms with Crippen molar-refractivity contribution in [2.75, 3.05) is 6.54 Å². The fourth-order valence-electron chi connectivity index (χ4n) is 2.17. The average Bonchev–Trinajstić information content (AvgIpc) is 2.42. The van der Waals surface area contributed by atoms with E-state index in [1.165, 1.54) is 42.4 Å². The lowest BCUT2D eigenvalue weighted by Crippen LogP contribution is -1.96. The molecule has 0 amide bonds. The molecule has 0 unspecified atom stereocenters. The number of fused-ring (bicyclic) bond motifs is 1. The molecule has 0 radical (unpaired) electrons. The van der Waals surface area contributed by atoms with Crippen molar-refractivity contribution < 1.29 is 0 Å². The molecule has 0 aromatic heterocycles. The molecule has 2 rings (SSSR count). The highest BCUT2D eigenvalue weighted by Gasteiger charge is 2.10. The van der Waals surface area contributed by atoms with Gasteiger partial charge in [0.05, 0.1) is 0 Å². The number of hydrogen-bond donors (Lipinski definition) is 1. The number of benzene rings is 1. The summed E-state index contributed by atoms with van der Waals surface area (Å²) in [7, 11) is 0. The summed E-state index contributed by atoms with van der Waals surface area (Å²) in [6.07, 6.45) is 7.18. The highest BCUT2D eigenvalue weighted by Crippen LogP contribution is 2.28. The van der Waals surface area contributed by atoms with Crippen molar-refractivity contribution in [1.29, 1.82) is 0 Å². The van der Waals surface area contributed by atoms with Gasteiger partial charge < -0.3 is 5.73 Å². The summed E-state index contributed by atoms with van der Waals surface area (Å²) in [5.41, 5.74) is 9.95. The van der Waals surface area contributed by atoms with Gasteiger partial charge in [0.1, 0.15) is 0 Å². The van der Waals surface area contributed by atoms with Gasteiger partial charge in [-0.3, -0.25) is 0 Å². The largest absolute Gasteiger partial charge is 0.327 e. The topological polar surface area (TPSA) is 26.0 Å². The normalized spacial score (nSPS) is 19.1. The van der Waals surface area contributed by atoms with Gasteiger partial charge in [0, 0.05) is 6.54 Å². The van der Waals surface area contributed by atoms with Gasteiger partial charge in [0.25, 0.3) is 0 Å². The fraction of sp³-hybridized carbons (Fsp3) is 0.385. The van der Waals surface area contributed by atoms with Crippen molar-refractivity contribution in [3.05, 3.63) is 41.5 Å². The molecule has 1 aromatic carbocycles. The Hall–Kier alpha value is -1.08. The Morgan fingerprint density at radius 3 is 2.79 bits per heavy atom. The molecule has 0 saturated heterocycles. The quantitative estimate of drug-likeness (QED) is 0.672. The van der Waals surface area contributed by atoms with E-state index in [9.17, 15) is 0 Å². The zero-order valence-electron chi connectivity index (χ0n) is 8.50. The van der Waals surface area contributed by atoms with Gasteiger partial charge >= 0.3 is 0 Å². The van der Waals surface area contributed by atoms with Crippen LogP contribution in [0.1, 0.15) is 30.4 Å². The van der Waals surface area contributed by atoms with E-state index in [-0.39, 0.29) is 0 Å². The lowest BCUT2D eigenvalue weighted by atomic mass is 9.98. The van der Waals surface area contributed by atoms with Crippen LogP contribution in [-0.4, -0.2) is 6.54 Å². The lowest BCUT2D eigenvalue weighted by molar-refractivity contribution is 0.771. The van der Waals surface area contributed by atoms with Crippen LogP contribution in [0.4, 0.5) is 0 Å². The maximum absolute atomic E-state index is 5.59. The fourth-order valence-corrected chi connectivity index (χ4v) is 2.17. The zero-order chi connectivity index (χ0) is 9.80. The molecule has 0 atom stereocenters. The van der Waals surface area contributed by atoms with Gasteiger partial charge in [-0.25, -0.2) is 0 Å². The summed E-state index contributed by atoms with van der Waals surface area (Å²) in [4.78, 5) is 0. The highest BCUT2D eigenvalue weighted by atomic mass is 14.5. The summed E-state index contributed by atoms with van der Waals surface area (Å²) in [5.74, 6) is 0. The van der Waals surface area contributed by atoms with Crippen LogP contribution >= 0.6 is 0 Å². The van der Waals surface area contributed by atoms with E-state index < -0.39 is 0 Å². The molecule has 2 N–H and O–H groups in total. The summed E-state index contributed by atoms with van der Waals surface area (Å²) in [6.45, 7) is 0.656. The Balaban J connectivity index is 2.42. The Morgan fingerprint density at radius 1 is 1.14 bits per heavy atom. The van der Waals surface area contributed by atoms with Crippen molar-refractivity contribution in [1.82, 2.24) is 0 Å². The van der Waals surface area contributed by atoms with Gasteiger partial charge in [0.2, 0.25) is 0 Å². The first-order valence-corrected chi connectivity index (χ1v) is 5.39. The van der Waals surface area contributed by atoms with Crippen LogP contribution in [0.2, 0.25) is 0 Å². The first-order valence-electron chi connectivity index (χ1n) is 5.39. The summed E-state index contributed by atoms with van der Waals surface area (Å²) in [5, 5.41) is 0. The number of rotatable bonds is 1. The van der Waals surface area contributed by atoms with E-state index in [1.54, 1.807) is 0 Å². The third kappa shape index (κ3) is 1.88. The first-order chi connectivity index (χ1) is 6.92. The van der Waals surface area contributed by atoms with Gasteiger partial charge in [-0.2, -0.15) is 0 Å². The van der Waals surface area contributed by atoms with Gasteiger partial charge in [-0.05, 0) is 42.4 Å². The molecular weight excluding hydrogens is 170 g/mol. The molecule has 1 aliphatic carbocycles. The van der Waals surface area contributed by atoms with E-state index in [0.29, 0.717) is 6.54 Å². The summed E-state index contributed by atoms with van der Waals surface area (Å²) >= 11 is 0. The average molecular weight is 187 g/mol. The van der Waals surface area contributed by atoms with E-state index in [1.807, 2.05) is 0 Å². The maximum Gasteiger partial charge on any atom is 0.0112 e. The van der Waals surface area contributed by atoms with Crippen LogP contribution < -0.4 is 5.73 Å². The SMILES string of the molecule is NCC=C1CCCCc2ccccc21. The predicted octanol–water partition coefficient (Wildman–Crippen LogP) is 2.76. The molecular formula is C13H17N. The van der Waals surface area contributed by atoms with Crippen molar-refractivity contribution in [2.45, 2.75) is 25.7 Å². The second kappa shape index (κ2) is 4.43. The Morgan fingerprint density at radius 2 is 1.93 bits per heavy atom. The van der Waals surface area contributed by atoms with Crippen molar-refractivity contribution in [2.24, 2.45) is 5.73 Å². The second-order valence-electron chi connectivity index (χ2n) is 3.83. The molecule has 0 bridgehead atoms. The number of nitrogens with two attached hydrogens (primary N) is 1.